The Labute approximate surface area is 162 Å². The smallest absolute Gasteiger partial charge is 0.320 e. The quantitative estimate of drug-likeness (QED) is 0.364. The molecule has 0 heterocycles. The van der Waals surface area contributed by atoms with E-state index in [0.29, 0.717) is 39.0 Å². The van der Waals surface area contributed by atoms with Gasteiger partial charge in [-0.15, -0.1) is 0 Å². The van der Waals surface area contributed by atoms with Crippen molar-refractivity contribution in [1.29, 1.82) is 0 Å². The molecule has 0 aliphatic heterocycles. The van der Waals surface area contributed by atoms with E-state index in [-0.39, 0.29) is 30.1 Å². The van der Waals surface area contributed by atoms with Crippen molar-refractivity contribution in [2.24, 2.45) is 5.73 Å². The van der Waals surface area contributed by atoms with Crippen molar-refractivity contribution >= 4 is 17.7 Å². The minimum absolute atomic E-state index is 0.0695. The number of carboxylic acids is 1. The molecule has 0 radical (unpaired) electrons. The first-order valence-electron chi connectivity index (χ1n) is 9.37. The molecule has 0 fully saturated rings. The minimum Gasteiger partial charge on any atom is -0.480 e. The van der Waals surface area contributed by atoms with E-state index in [2.05, 4.69) is 5.32 Å². The predicted octanol–water partition coefficient (Wildman–Crippen LogP) is 1.64. The van der Waals surface area contributed by atoms with Gasteiger partial charge in [-0.1, -0.05) is 0 Å². The fourth-order valence-electron chi connectivity index (χ4n) is 2.21. The molecule has 8 nitrogen and oxygen atoms in total. The topological polar surface area (TPSA) is 128 Å². The molecule has 8 heteroatoms. The van der Waals surface area contributed by atoms with Crippen molar-refractivity contribution < 1.29 is 29.0 Å². The van der Waals surface area contributed by atoms with Gasteiger partial charge in [0.05, 0.1) is 24.4 Å². The Balaban J connectivity index is 3.95. The van der Waals surface area contributed by atoms with Crippen LogP contribution in [0, 0.1) is 0 Å². The number of nitrogens with two attached hydrogens (primary N) is 1. The van der Waals surface area contributed by atoms with Crippen LogP contribution in [-0.4, -0.2) is 59.8 Å². The standard InChI is InChI=1S/C19H36N2O6/c1-14(22)8-9-18(2,3)26-12-10-19(4,5)27-13-11-21-16(23)7-6-15(20)17(24)25/h15H,6-13,20H2,1-5H3,(H,21,23)(H,24,25). The highest BCUT2D eigenvalue weighted by atomic mass is 16.5. The Hall–Kier alpha value is -1.51. The Morgan fingerprint density at radius 3 is 2.11 bits per heavy atom. The summed E-state index contributed by atoms with van der Waals surface area (Å²) in [4.78, 5) is 33.3. The molecule has 27 heavy (non-hydrogen) atoms. The molecule has 0 rings (SSSR count). The number of carbonyl (C=O) groups excluding carboxylic acids is 2. The number of nitrogens with one attached hydrogen (secondary N) is 1. The SMILES string of the molecule is CC(=O)CCC(C)(C)OCCC(C)(C)OCCNC(=O)CCC(N)C(=O)O. The van der Waals surface area contributed by atoms with E-state index in [1.54, 1.807) is 6.92 Å². The van der Waals surface area contributed by atoms with Crippen LogP contribution in [0.3, 0.4) is 0 Å². The fourth-order valence-corrected chi connectivity index (χ4v) is 2.21. The first-order valence-corrected chi connectivity index (χ1v) is 9.37. The molecular formula is C19H36N2O6. The number of amides is 1. The fraction of sp³-hybridized carbons (Fsp3) is 0.842. The molecule has 0 aromatic heterocycles. The summed E-state index contributed by atoms with van der Waals surface area (Å²) < 4.78 is 11.7. The molecule has 1 amide bonds. The zero-order chi connectivity index (χ0) is 21.1. The molecule has 0 saturated carbocycles. The molecule has 0 aliphatic carbocycles. The molecule has 0 bridgehead atoms. The molecule has 158 valence electrons. The number of ketones is 1. The number of ether oxygens (including phenoxy) is 2. The van der Waals surface area contributed by atoms with Crippen LogP contribution < -0.4 is 11.1 Å². The van der Waals surface area contributed by atoms with Gasteiger partial charge in [0.2, 0.25) is 5.91 Å². The highest BCUT2D eigenvalue weighted by molar-refractivity contribution is 5.78. The molecule has 4 N–H and O–H groups in total. The van der Waals surface area contributed by atoms with Crippen molar-refractivity contribution in [2.45, 2.75) is 84.0 Å². The van der Waals surface area contributed by atoms with Crippen LogP contribution in [0.5, 0.6) is 0 Å². The Bertz CT molecular complexity index is 491. The number of hydrogen-bond donors (Lipinski definition) is 3. The number of hydrogen-bond acceptors (Lipinski definition) is 6. The summed E-state index contributed by atoms with van der Waals surface area (Å²) in [5.41, 5.74) is 4.59. The zero-order valence-corrected chi connectivity index (χ0v) is 17.3. The Kier molecular flexibility index (Phi) is 11.4. The normalized spacial score (nSPS) is 13.3. The molecule has 0 aromatic carbocycles. The Morgan fingerprint density at radius 2 is 1.56 bits per heavy atom. The molecule has 1 atom stereocenters. The summed E-state index contributed by atoms with van der Waals surface area (Å²) in [5, 5.41) is 11.4. The number of aliphatic carboxylic acids is 1. The average molecular weight is 389 g/mol. The second kappa shape index (κ2) is 12.0. The summed E-state index contributed by atoms with van der Waals surface area (Å²) in [6.07, 6.45) is 2.04. The van der Waals surface area contributed by atoms with E-state index in [1.165, 1.54) is 0 Å². The van der Waals surface area contributed by atoms with Crippen LogP contribution in [-0.2, 0) is 23.9 Å². The summed E-state index contributed by atoms with van der Waals surface area (Å²) in [7, 11) is 0. The highest BCUT2D eigenvalue weighted by Crippen LogP contribution is 2.20. The van der Waals surface area contributed by atoms with E-state index < -0.39 is 17.6 Å². The van der Waals surface area contributed by atoms with E-state index in [1.807, 2.05) is 27.7 Å². The maximum absolute atomic E-state index is 11.6. The molecular weight excluding hydrogens is 352 g/mol. The number of carboxylic acid groups (broad SMARTS) is 1. The summed E-state index contributed by atoms with van der Waals surface area (Å²) in [5.74, 6) is -1.20. The van der Waals surface area contributed by atoms with Gasteiger partial charge in [-0.2, -0.15) is 0 Å². The lowest BCUT2D eigenvalue weighted by Crippen LogP contribution is -2.35. The third kappa shape index (κ3) is 14.2. The third-order valence-corrected chi connectivity index (χ3v) is 4.19. The summed E-state index contributed by atoms with van der Waals surface area (Å²) in [6, 6.07) is -1.02. The number of rotatable bonds is 15. The number of Topliss-reactive ketones (excluding diaryl/α,β-unsaturated/α-hetero) is 1. The van der Waals surface area contributed by atoms with E-state index in [9.17, 15) is 14.4 Å². The minimum atomic E-state index is -1.11. The second-order valence-corrected chi connectivity index (χ2v) is 8.00. The molecule has 0 aliphatic rings. The molecule has 0 spiro atoms. The summed E-state index contributed by atoms with van der Waals surface area (Å²) in [6.45, 7) is 10.6. The molecule has 1 unspecified atom stereocenters. The lowest BCUT2D eigenvalue weighted by atomic mass is 10.0. The number of carbonyl (C=O) groups is 3. The molecule has 0 aromatic rings. The van der Waals surface area contributed by atoms with Gasteiger partial charge in [0.15, 0.2) is 0 Å². The lowest BCUT2D eigenvalue weighted by Gasteiger charge is -2.29. The monoisotopic (exact) mass is 388 g/mol. The van der Waals surface area contributed by atoms with Crippen LogP contribution in [0.1, 0.15) is 66.7 Å². The maximum Gasteiger partial charge on any atom is 0.320 e. The predicted molar refractivity (Wildman–Crippen MR) is 102 cm³/mol. The highest BCUT2D eigenvalue weighted by Gasteiger charge is 2.23. The van der Waals surface area contributed by atoms with E-state index >= 15 is 0 Å². The van der Waals surface area contributed by atoms with Crippen LogP contribution in [0.15, 0.2) is 0 Å². The third-order valence-electron chi connectivity index (χ3n) is 4.19. The van der Waals surface area contributed by atoms with Gasteiger partial charge in [0.25, 0.3) is 0 Å². The largest absolute Gasteiger partial charge is 0.480 e. The van der Waals surface area contributed by atoms with Crippen LogP contribution in [0.25, 0.3) is 0 Å². The maximum atomic E-state index is 11.6. The van der Waals surface area contributed by atoms with Crippen LogP contribution >= 0.6 is 0 Å². The van der Waals surface area contributed by atoms with Crippen molar-refractivity contribution in [3.8, 4) is 0 Å². The van der Waals surface area contributed by atoms with Crippen LogP contribution in [0.4, 0.5) is 0 Å². The zero-order valence-electron chi connectivity index (χ0n) is 17.3. The lowest BCUT2D eigenvalue weighted by molar-refractivity contribution is -0.138. The van der Waals surface area contributed by atoms with Crippen LogP contribution in [0.2, 0.25) is 0 Å². The van der Waals surface area contributed by atoms with Crippen molar-refractivity contribution in [3.63, 3.8) is 0 Å². The van der Waals surface area contributed by atoms with Gasteiger partial charge in [-0.3, -0.25) is 9.59 Å². The van der Waals surface area contributed by atoms with Gasteiger partial charge in [0.1, 0.15) is 11.8 Å². The van der Waals surface area contributed by atoms with E-state index in [0.717, 1.165) is 0 Å². The second-order valence-electron chi connectivity index (χ2n) is 8.00. The Morgan fingerprint density at radius 1 is 1.00 bits per heavy atom. The van der Waals surface area contributed by atoms with Gasteiger partial charge < -0.3 is 30.4 Å². The van der Waals surface area contributed by atoms with Gasteiger partial charge in [-0.25, -0.2) is 0 Å². The summed E-state index contributed by atoms with van der Waals surface area (Å²) >= 11 is 0. The van der Waals surface area contributed by atoms with Crippen molar-refractivity contribution in [1.82, 2.24) is 5.32 Å². The first-order chi connectivity index (χ1) is 12.3. The van der Waals surface area contributed by atoms with Gasteiger partial charge in [-0.05, 0) is 53.9 Å². The average Bonchev–Trinajstić information content (AvgIpc) is 2.54. The van der Waals surface area contributed by atoms with Gasteiger partial charge >= 0.3 is 5.97 Å². The van der Waals surface area contributed by atoms with Crippen molar-refractivity contribution in [2.75, 3.05) is 19.8 Å². The first kappa shape index (κ1) is 25.5. The van der Waals surface area contributed by atoms with Gasteiger partial charge in [0, 0.05) is 19.4 Å². The molecule has 0 saturated heterocycles. The van der Waals surface area contributed by atoms with Crippen molar-refractivity contribution in [3.05, 3.63) is 0 Å². The van der Waals surface area contributed by atoms with E-state index in [4.69, 9.17) is 20.3 Å².